The predicted octanol–water partition coefficient (Wildman–Crippen LogP) is 9.10. The van der Waals surface area contributed by atoms with Crippen molar-refractivity contribution in [3.8, 4) is 0 Å². The van der Waals surface area contributed by atoms with E-state index in [0.29, 0.717) is 0 Å². The minimum absolute atomic E-state index is 1.14. The summed E-state index contributed by atoms with van der Waals surface area (Å²) < 4.78 is 0. The van der Waals surface area contributed by atoms with Crippen molar-refractivity contribution in [3.05, 3.63) is 127 Å². The van der Waals surface area contributed by atoms with Gasteiger partial charge in [-0.25, -0.2) is 0 Å². The summed E-state index contributed by atoms with van der Waals surface area (Å²) in [6, 6.07) is 45.7. The summed E-state index contributed by atoms with van der Waals surface area (Å²) >= 11 is 0. The number of hydrogen-bond acceptors (Lipinski definition) is 1. The summed E-state index contributed by atoms with van der Waals surface area (Å²) in [6.07, 6.45) is 0. The predicted molar refractivity (Wildman–Crippen MR) is 145 cm³/mol. The molecule has 6 aromatic carbocycles. The topological polar surface area (TPSA) is 19.0 Å². The third-order valence-corrected chi connectivity index (χ3v) is 6.73. The van der Waals surface area contributed by atoms with Gasteiger partial charge in [0, 0.05) is 38.9 Å². The molecule has 1 N–H and O–H groups in total. The fourth-order valence-corrected chi connectivity index (χ4v) is 5.05. The van der Waals surface area contributed by atoms with Crippen molar-refractivity contribution >= 4 is 60.4 Å². The van der Waals surface area contributed by atoms with Crippen molar-refractivity contribution in [2.45, 2.75) is 0 Å². The van der Waals surface area contributed by atoms with Crippen molar-refractivity contribution in [3.63, 3.8) is 0 Å². The normalized spacial score (nSPS) is 11.5. The van der Waals surface area contributed by atoms with Crippen LogP contribution in [0.1, 0.15) is 0 Å². The second-order valence-electron chi connectivity index (χ2n) is 8.80. The minimum atomic E-state index is 1.14. The summed E-state index contributed by atoms with van der Waals surface area (Å²) in [5.41, 5.74) is 5.75. The minimum Gasteiger partial charge on any atom is -0.355 e. The second-order valence-corrected chi connectivity index (χ2v) is 8.80. The highest BCUT2D eigenvalue weighted by Crippen LogP contribution is 2.39. The Kier molecular flexibility index (Phi) is 4.18. The first-order valence-corrected chi connectivity index (χ1v) is 11.6. The maximum atomic E-state index is 3.55. The number of benzene rings is 6. The number of nitrogens with zero attached hydrogens (tertiary/aromatic N) is 1. The van der Waals surface area contributed by atoms with E-state index in [1.807, 2.05) is 0 Å². The van der Waals surface area contributed by atoms with Gasteiger partial charge in [0.05, 0.1) is 0 Å². The Labute approximate surface area is 197 Å². The van der Waals surface area contributed by atoms with Gasteiger partial charge in [-0.15, -0.1) is 0 Å². The molecule has 7 rings (SSSR count). The van der Waals surface area contributed by atoms with E-state index in [0.717, 1.165) is 28.1 Å². The Balaban J connectivity index is 1.48. The quantitative estimate of drug-likeness (QED) is 0.294. The van der Waals surface area contributed by atoms with Crippen LogP contribution in [0, 0.1) is 0 Å². The lowest BCUT2D eigenvalue weighted by molar-refractivity contribution is 1.30. The van der Waals surface area contributed by atoms with Crippen LogP contribution in [0.25, 0.3) is 43.4 Å². The average molecular weight is 435 g/mol. The Morgan fingerprint density at radius 1 is 0.382 bits per heavy atom. The van der Waals surface area contributed by atoms with Crippen molar-refractivity contribution in [2.75, 3.05) is 4.90 Å². The Hall–Kier alpha value is -4.56. The van der Waals surface area contributed by atoms with Crippen molar-refractivity contribution in [2.24, 2.45) is 0 Å². The zero-order chi connectivity index (χ0) is 22.5. The molecular weight excluding hydrogens is 412 g/mol. The fraction of sp³-hybridized carbons (Fsp3) is 0. The molecule has 0 aliphatic carbocycles. The summed E-state index contributed by atoms with van der Waals surface area (Å²) in [6.45, 7) is 0. The first kappa shape index (κ1) is 19.0. The molecule has 2 nitrogen and oxygen atoms in total. The lowest BCUT2D eigenvalue weighted by Crippen LogP contribution is -2.09. The zero-order valence-electron chi connectivity index (χ0n) is 18.6. The number of anilines is 3. The third-order valence-electron chi connectivity index (χ3n) is 6.73. The van der Waals surface area contributed by atoms with E-state index in [-0.39, 0.29) is 0 Å². The van der Waals surface area contributed by atoms with Crippen LogP contribution in [0.4, 0.5) is 17.1 Å². The van der Waals surface area contributed by atoms with Gasteiger partial charge < -0.3 is 9.88 Å². The van der Waals surface area contributed by atoms with Gasteiger partial charge in [0.15, 0.2) is 0 Å². The number of nitrogens with one attached hydrogen (secondary N) is 1. The van der Waals surface area contributed by atoms with Crippen LogP contribution >= 0.6 is 0 Å². The lowest BCUT2D eigenvalue weighted by atomic mass is 10.1. The van der Waals surface area contributed by atoms with E-state index >= 15 is 0 Å². The standard InChI is InChI=1S/C32H22N2/c1-3-9-24-19-26(15-13-22(24)7-1)34(27-16-14-23-8-2-4-10-25(23)20-27)28-17-18-32-30(21-28)29-11-5-6-12-31(29)33-32/h1-21,33H. The molecule has 0 spiro atoms. The first-order valence-electron chi connectivity index (χ1n) is 11.6. The van der Waals surface area contributed by atoms with Crippen LogP contribution in [0.2, 0.25) is 0 Å². The van der Waals surface area contributed by atoms with E-state index in [2.05, 4.69) is 137 Å². The monoisotopic (exact) mass is 434 g/mol. The Morgan fingerprint density at radius 3 is 1.56 bits per heavy atom. The molecule has 7 aromatic rings. The van der Waals surface area contributed by atoms with E-state index < -0.39 is 0 Å². The highest BCUT2D eigenvalue weighted by Gasteiger charge is 2.15. The molecule has 1 aromatic heterocycles. The van der Waals surface area contributed by atoms with E-state index in [1.54, 1.807) is 0 Å². The van der Waals surface area contributed by atoms with Gasteiger partial charge in [-0.2, -0.15) is 0 Å². The van der Waals surface area contributed by atoms with Gasteiger partial charge in [-0.1, -0.05) is 78.9 Å². The molecule has 2 heteroatoms. The fourth-order valence-electron chi connectivity index (χ4n) is 5.05. The summed E-state index contributed by atoms with van der Waals surface area (Å²) in [5.74, 6) is 0. The number of aromatic amines is 1. The zero-order valence-corrected chi connectivity index (χ0v) is 18.6. The Bertz CT molecular complexity index is 1750. The molecule has 1 heterocycles. The molecule has 0 amide bonds. The lowest BCUT2D eigenvalue weighted by Gasteiger charge is -2.26. The highest BCUT2D eigenvalue weighted by atomic mass is 15.1. The van der Waals surface area contributed by atoms with Gasteiger partial charge in [-0.3, -0.25) is 0 Å². The largest absolute Gasteiger partial charge is 0.355 e. The van der Waals surface area contributed by atoms with Crippen LogP contribution in [-0.2, 0) is 0 Å². The number of hydrogen-bond donors (Lipinski definition) is 1. The van der Waals surface area contributed by atoms with Crippen LogP contribution < -0.4 is 4.90 Å². The molecule has 0 aliphatic heterocycles. The molecule has 0 fully saturated rings. The van der Waals surface area contributed by atoms with Crippen LogP contribution in [0.3, 0.4) is 0 Å². The number of para-hydroxylation sites is 1. The smallest absolute Gasteiger partial charge is 0.0469 e. The number of aromatic nitrogens is 1. The molecule has 0 bridgehead atoms. The molecule has 0 radical (unpaired) electrons. The van der Waals surface area contributed by atoms with Gasteiger partial charge >= 0.3 is 0 Å². The van der Waals surface area contributed by atoms with E-state index in [9.17, 15) is 0 Å². The van der Waals surface area contributed by atoms with Crippen molar-refractivity contribution in [1.29, 1.82) is 0 Å². The van der Waals surface area contributed by atoms with Crippen LogP contribution in [0.5, 0.6) is 0 Å². The van der Waals surface area contributed by atoms with Crippen LogP contribution in [-0.4, -0.2) is 4.98 Å². The van der Waals surface area contributed by atoms with Crippen molar-refractivity contribution in [1.82, 2.24) is 4.98 Å². The maximum absolute atomic E-state index is 3.55. The molecule has 0 aliphatic rings. The maximum Gasteiger partial charge on any atom is 0.0469 e. The van der Waals surface area contributed by atoms with Gasteiger partial charge in [0.2, 0.25) is 0 Å². The molecule has 0 saturated heterocycles. The van der Waals surface area contributed by atoms with Gasteiger partial charge in [0.1, 0.15) is 0 Å². The number of rotatable bonds is 3. The molecule has 0 saturated carbocycles. The molecule has 160 valence electrons. The molecular formula is C32H22N2. The summed E-state index contributed by atoms with van der Waals surface area (Å²) in [7, 11) is 0. The number of fused-ring (bicyclic) bond motifs is 5. The third kappa shape index (κ3) is 3.04. The molecule has 0 unspecified atom stereocenters. The highest BCUT2D eigenvalue weighted by molar-refractivity contribution is 6.09. The Morgan fingerprint density at radius 2 is 0.882 bits per heavy atom. The second kappa shape index (κ2) is 7.50. The van der Waals surface area contributed by atoms with Crippen LogP contribution in [0.15, 0.2) is 127 Å². The molecule has 0 atom stereocenters. The number of H-pyrrole nitrogens is 1. The van der Waals surface area contributed by atoms with Crippen molar-refractivity contribution < 1.29 is 0 Å². The van der Waals surface area contributed by atoms with E-state index in [4.69, 9.17) is 0 Å². The average Bonchev–Trinajstić information content (AvgIpc) is 3.27. The molecule has 34 heavy (non-hydrogen) atoms. The first-order chi connectivity index (χ1) is 16.8. The summed E-state index contributed by atoms with van der Waals surface area (Å²) in [4.78, 5) is 5.91. The van der Waals surface area contributed by atoms with Gasteiger partial charge in [-0.05, 0) is 70.1 Å². The summed E-state index contributed by atoms with van der Waals surface area (Å²) in [5, 5.41) is 7.45. The van der Waals surface area contributed by atoms with E-state index in [1.165, 1.54) is 32.3 Å². The SMILES string of the molecule is c1ccc2cc(N(c3ccc4ccccc4c3)c3ccc4[nH]c5ccccc5c4c3)ccc2c1. The van der Waals surface area contributed by atoms with Gasteiger partial charge in [0.25, 0.3) is 0 Å².